The minimum atomic E-state index is -4.41. The van der Waals surface area contributed by atoms with Gasteiger partial charge in [0.25, 0.3) is 0 Å². The molecule has 0 aliphatic heterocycles. The van der Waals surface area contributed by atoms with E-state index < -0.39 is 41.0 Å². The second kappa shape index (κ2) is 3.87. The summed E-state index contributed by atoms with van der Waals surface area (Å²) in [4.78, 5) is 12.3. The van der Waals surface area contributed by atoms with Gasteiger partial charge in [-0.25, -0.2) is 0 Å². The molecule has 1 amide bonds. The van der Waals surface area contributed by atoms with Crippen LogP contribution in [0.1, 0.15) is 40.0 Å². The van der Waals surface area contributed by atoms with Crippen molar-refractivity contribution in [2.24, 2.45) is 16.2 Å². The van der Waals surface area contributed by atoms with Gasteiger partial charge >= 0.3 is 6.18 Å². The quantitative estimate of drug-likeness (QED) is 0.814. The summed E-state index contributed by atoms with van der Waals surface area (Å²) in [5.41, 5.74) is -1.79. The maximum atomic E-state index is 12.3. The molecular weight excluding hydrogens is 259 g/mol. The van der Waals surface area contributed by atoms with Gasteiger partial charge in [0, 0.05) is 0 Å². The van der Waals surface area contributed by atoms with Gasteiger partial charge < -0.3 is 10.4 Å². The maximum absolute atomic E-state index is 12.3. The molecule has 0 heterocycles. The Bertz CT molecular complexity index is 407. The van der Waals surface area contributed by atoms with Crippen LogP contribution in [0.15, 0.2) is 0 Å². The van der Waals surface area contributed by atoms with Crippen LogP contribution in [0.4, 0.5) is 13.2 Å². The molecule has 0 aromatic rings. The smallest absolute Gasteiger partial charge is 0.393 e. The van der Waals surface area contributed by atoms with Crippen LogP contribution in [-0.2, 0) is 4.79 Å². The second-order valence-corrected chi connectivity index (χ2v) is 6.64. The highest BCUT2D eigenvalue weighted by Gasteiger charge is 2.72. The van der Waals surface area contributed by atoms with E-state index in [0.29, 0.717) is 12.8 Å². The third-order valence-corrected chi connectivity index (χ3v) is 5.86. The number of hydrogen-bond donors (Lipinski definition) is 2. The molecule has 2 fully saturated rings. The predicted octanol–water partition coefficient (Wildman–Crippen LogP) is 2.24. The Balaban J connectivity index is 2.22. The standard InChI is InChI=1S/C13H20F3NO2/c1-10(2)11(3)4-5-12(10,6-8(11)18)9(19)17-7-13(14,15)16/h8,18H,4-7H2,1-3H3,(H,17,19)/t8-,11+,12+/m0/s1. The number of carbonyl (C=O) groups excluding carboxylic acids is 1. The summed E-state index contributed by atoms with van der Waals surface area (Å²) in [6, 6.07) is 0. The molecule has 0 spiro atoms. The molecule has 19 heavy (non-hydrogen) atoms. The number of nitrogens with one attached hydrogen (secondary N) is 1. The lowest BCUT2D eigenvalue weighted by Crippen LogP contribution is -2.48. The minimum Gasteiger partial charge on any atom is -0.393 e. The van der Waals surface area contributed by atoms with Crippen LogP contribution >= 0.6 is 0 Å². The first-order valence-corrected chi connectivity index (χ1v) is 6.49. The van der Waals surface area contributed by atoms with Gasteiger partial charge in [0.1, 0.15) is 6.54 Å². The normalized spacial score (nSPS) is 40.5. The van der Waals surface area contributed by atoms with E-state index in [1.54, 1.807) is 0 Å². The number of hydrogen-bond acceptors (Lipinski definition) is 2. The number of alkyl halides is 3. The third-order valence-electron chi connectivity index (χ3n) is 5.86. The van der Waals surface area contributed by atoms with E-state index in [4.69, 9.17) is 0 Å². The lowest BCUT2D eigenvalue weighted by Gasteiger charge is -2.40. The number of carbonyl (C=O) groups is 1. The van der Waals surface area contributed by atoms with Crippen molar-refractivity contribution in [2.45, 2.75) is 52.3 Å². The average Bonchev–Trinajstić information content (AvgIpc) is 2.55. The molecule has 2 aliphatic carbocycles. The molecule has 0 unspecified atom stereocenters. The van der Waals surface area contributed by atoms with Gasteiger partial charge in [0.2, 0.25) is 5.91 Å². The molecule has 0 saturated heterocycles. The van der Waals surface area contributed by atoms with E-state index in [9.17, 15) is 23.1 Å². The van der Waals surface area contributed by atoms with Crippen LogP contribution in [0.25, 0.3) is 0 Å². The maximum Gasteiger partial charge on any atom is 0.405 e. The van der Waals surface area contributed by atoms with Crippen molar-refractivity contribution >= 4 is 5.91 Å². The van der Waals surface area contributed by atoms with Crippen LogP contribution in [0, 0.1) is 16.2 Å². The number of rotatable bonds is 2. The molecule has 6 heteroatoms. The number of aliphatic hydroxyl groups is 1. The molecule has 2 saturated carbocycles. The van der Waals surface area contributed by atoms with Gasteiger partial charge in [-0.05, 0) is 30.1 Å². The van der Waals surface area contributed by atoms with Crippen LogP contribution in [0.2, 0.25) is 0 Å². The molecular formula is C13H20F3NO2. The molecule has 2 bridgehead atoms. The summed E-state index contributed by atoms with van der Waals surface area (Å²) < 4.78 is 36.7. The molecule has 110 valence electrons. The Hall–Kier alpha value is -0.780. The Morgan fingerprint density at radius 2 is 1.89 bits per heavy atom. The van der Waals surface area contributed by atoms with Gasteiger partial charge in [-0.1, -0.05) is 20.8 Å². The van der Waals surface area contributed by atoms with Gasteiger partial charge in [0.15, 0.2) is 0 Å². The van der Waals surface area contributed by atoms with Gasteiger partial charge in [-0.2, -0.15) is 13.2 Å². The first-order chi connectivity index (χ1) is 8.46. The second-order valence-electron chi connectivity index (χ2n) is 6.64. The van der Waals surface area contributed by atoms with Crippen molar-refractivity contribution in [2.75, 3.05) is 6.54 Å². The van der Waals surface area contributed by atoms with Gasteiger partial charge in [0.05, 0.1) is 11.5 Å². The third kappa shape index (κ3) is 1.79. The minimum absolute atomic E-state index is 0.250. The van der Waals surface area contributed by atoms with Crippen molar-refractivity contribution in [3.05, 3.63) is 0 Å². The summed E-state index contributed by atoms with van der Waals surface area (Å²) in [6.07, 6.45) is -3.58. The summed E-state index contributed by atoms with van der Waals surface area (Å²) in [5.74, 6) is -0.574. The number of amides is 1. The summed E-state index contributed by atoms with van der Waals surface area (Å²) in [7, 11) is 0. The summed E-state index contributed by atoms with van der Waals surface area (Å²) >= 11 is 0. The molecule has 2 rings (SSSR count). The summed E-state index contributed by atoms with van der Waals surface area (Å²) in [5, 5.41) is 12.2. The van der Waals surface area contributed by atoms with E-state index in [1.807, 2.05) is 26.1 Å². The zero-order chi connectivity index (χ0) is 14.7. The van der Waals surface area contributed by atoms with Gasteiger partial charge in [-0.3, -0.25) is 4.79 Å². The van der Waals surface area contributed by atoms with Crippen molar-refractivity contribution in [1.82, 2.24) is 5.32 Å². The van der Waals surface area contributed by atoms with E-state index in [0.717, 1.165) is 0 Å². The van der Waals surface area contributed by atoms with Crippen LogP contribution in [0.5, 0.6) is 0 Å². The Kier molecular flexibility index (Phi) is 2.98. The van der Waals surface area contributed by atoms with Crippen LogP contribution in [0.3, 0.4) is 0 Å². The lowest BCUT2D eigenvalue weighted by atomic mass is 9.64. The largest absolute Gasteiger partial charge is 0.405 e. The molecule has 2 aliphatic rings. The molecule has 2 N–H and O–H groups in total. The van der Waals surface area contributed by atoms with E-state index in [2.05, 4.69) is 0 Å². The summed E-state index contributed by atoms with van der Waals surface area (Å²) in [6.45, 7) is 4.37. The monoisotopic (exact) mass is 279 g/mol. The molecule has 3 nitrogen and oxygen atoms in total. The fraction of sp³-hybridized carbons (Fsp3) is 0.923. The van der Waals surface area contributed by atoms with Crippen molar-refractivity contribution in [3.63, 3.8) is 0 Å². The zero-order valence-electron chi connectivity index (χ0n) is 11.4. The lowest BCUT2D eigenvalue weighted by molar-refractivity contribution is -0.148. The number of aliphatic hydroxyl groups excluding tert-OH is 1. The van der Waals surface area contributed by atoms with Crippen LogP contribution < -0.4 is 5.32 Å². The van der Waals surface area contributed by atoms with E-state index in [1.165, 1.54) is 0 Å². The van der Waals surface area contributed by atoms with E-state index >= 15 is 0 Å². The molecule has 0 radical (unpaired) electrons. The highest BCUT2D eigenvalue weighted by Crippen LogP contribution is 2.72. The topological polar surface area (TPSA) is 49.3 Å². The number of fused-ring (bicyclic) bond motifs is 2. The average molecular weight is 279 g/mol. The first-order valence-electron chi connectivity index (χ1n) is 6.49. The fourth-order valence-corrected chi connectivity index (χ4v) is 3.98. The van der Waals surface area contributed by atoms with Gasteiger partial charge in [-0.15, -0.1) is 0 Å². The molecule has 3 atom stereocenters. The highest BCUT2D eigenvalue weighted by atomic mass is 19.4. The van der Waals surface area contributed by atoms with Crippen molar-refractivity contribution in [3.8, 4) is 0 Å². The Morgan fingerprint density at radius 1 is 1.32 bits per heavy atom. The molecule has 0 aromatic heterocycles. The van der Waals surface area contributed by atoms with Crippen molar-refractivity contribution < 1.29 is 23.1 Å². The Labute approximate surface area is 110 Å². The Morgan fingerprint density at radius 3 is 2.26 bits per heavy atom. The number of halogens is 3. The first kappa shape index (κ1) is 14.6. The van der Waals surface area contributed by atoms with Crippen LogP contribution in [-0.4, -0.2) is 29.8 Å². The van der Waals surface area contributed by atoms with Crippen molar-refractivity contribution in [1.29, 1.82) is 0 Å². The fourth-order valence-electron chi connectivity index (χ4n) is 3.98. The predicted molar refractivity (Wildman–Crippen MR) is 63.2 cm³/mol. The van der Waals surface area contributed by atoms with E-state index in [-0.39, 0.29) is 6.42 Å². The zero-order valence-corrected chi connectivity index (χ0v) is 11.4. The highest BCUT2D eigenvalue weighted by molar-refractivity contribution is 5.85. The SMILES string of the molecule is CC1(C)[C@]2(C(=O)NCC(F)(F)F)CC[C@]1(C)[C@@H](O)C2. The molecule has 0 aromatic carbocycles.